The molecule has 29 heavy (non-hydrogen) atoms. The third-order valence-electron chi connectivity index (χ3n) is 6.97. The van der Waals surface area contributed by atoms with Crippen molar-refractivity contribution < 1.29 is 4.39 Å². The quantitative estimate of drug-likeness (QED) is 0.766. The van der Waals surface area contributed by atoms with E-state index < -0.39 is 0 Å². The predicted octanol–water partition coefficient (Wildman–Crippen LogP) is 5.35. The summed E-state index contributed by atoms with van der Waals surface area (Å²) in [5.74, 6) is 3.73. The molecule has 0 bridgehead atoms. The summed E-state index contributed by atoms with van der Waals surface area (Å²) in [5.41, 5.74) is 2.76. The van der Waals surface area contributed by atoms with Gasteiger partial charge in [0, 0.05) is 24.2 Å². The Balaban J connectivity index is 1.36. The molecule has 150 valence electrons. The van der Waals surface area contributed by atoms with E-state index in [2.05, 4.69) is 22.5 Å². The molecule has 4 atom stereocenters. The zero-order chi connectivity index (χ0) is 19.6. The Morgan fingerprint density at radius 3 is 2.79 bits per heavy atom. The van der Waals surface area contributed by atoms with Crippen molar-refractivity contribution >= 4 is 11.9 Å². The fourth-order valence-electron chi connectivity index (χ4n) is 5.61. The van der Waals surface area contributed by atoms with E-state index in [-0.39, 0.29) is 5.82 Å². The monoisotopic (exact) mass is 389 g/mol. The lowest BCUT2D eigenvalue weighted by molar-refractivity contribution is 0.249. The molecule has 0 saturated heterocycles. The molecule has 2 aromatic rings. The van der Waals surface area contributed by atoms with E-state index in [4.69, 9.17) is 4.99 Å². The highest BCUT2D eigenvalue weighted by Gasteiger charge is 2.44. The molecular formula is C25H28FN3. The maximum Gasteiger partial charge on any atom is 0.123 e. The van der Waals surface area contributed by atoms with Crippen molar-refractivity contribution in [1.29, 1.82) is 0 Å². The van der Waals surface area contributed by atoms with Crippen LogP contribution in [0.1, 0.15) is 37.8 Å². The zero-order valence-corrected chi connectivity index (χ0v) is 16.7. The van der Waals surface area contributed by atoms with E-state index in [1.54, 1.807) is 12.1 Å². The lowest BCUT2D eigenvalue weighted by Crippen LogP contribution is -2.30. The Hall–Kier alpha value is -2.49. The molecule has 2 aliphatic carbocycles. The molecule has 1 aliphatic heterocycles. The fraction of sp³-hybridized carbons (Fsp3) is 0.440. The van der Waals surface area contributed by atoms with E-state index >= 15 is 0 Å². The molecule has 1 N–H and O–H groups in total. The minimum Gasteiger partial charge on any atom is -0.372 e. The SMILES string of the molecule is Fc1cccc(-c2ccc(/C=C/[C@H]3[C@@H]4CCCC[C@@H]4C[C@@H]3C3=NCCN3)nc2)c1. The molecule has 1 aromatic carbocycles. The highest BCUT2D eigenvalue weighted by Crippen LogP contribution is 2.50. The molecule has 0 unspecified atom stereocenters. The van der Waals surface area contributed by atoms with Gasteiger partial charge in [0.05, 0.1) is 12.2 Å². The summed E-state index contributed by atoms with van der Waals surface area (Å²) in [6.07, 6.45) is 13.2. The van der Waals surface area contributed by atoms with Gasteiger partial charge in [-0.2, -0.15) is 0 Å². The molecule has 2 fully saturated rings. The molecule has 0 amide bonds. The Bertz CT molecular complexity index is 918. The Morgan fingerprint density at radius 2 is 2.00 bits per heavy atom. The van der Waals surface area contributed by atoms with Gasteiger partial charge in [-0.1, -0.05) is 43.5 Å². The van der Waals surface area contributed by atoms with Gasteiger partial charge >= 0.3 is 0 Å². The number of allylic oxidation sites excluding steroid dienone is 1. The van der Waals surface area contributed by atoms with Crippen LogP contribution in [0, 0.1) is 29.5 Å². The van der Waals surface area contributed by atoms with Gasteiger partial charge in [-0.05, 0) is 60.4 Å². The van der Waals surface area contributed by atoms with Crippen LogP contribution in [0.3, 0.4) is 0 Å². The van der Waals surface area contributed by atoms with Crippen LogP contribution < -0.4 is 5.32 Å². The molecule has 3 nitrogen and oxygen atoms in total. The van der Waals surface area contributed by atoms with E-state index in [9.17, 15) is 4.39 Å². The Morgan fingerprint density at radius 1 is 1.07 bits per heavy atom. The van der Waals surface area contributed by atoms with Gasteiger partial charge in [0.2, 0.25) is 0 Å². The summed E-state index contributed by atoms with van der Waals surface area (Å²) in [6.45, 7) is 1.90. The second-order valence-electron chi connectivity index (χ2n) is 8.66. The van der Waals surface area contributed by atoms with Crippen LogP contribution >= 0.6 is 0 Å². The summed E-state index contributed by atoms with van der Waals surface area (Å²) < 4.78 is 13.5. The minimum absolute atomic E-state index is 0.218. The van der Waals surface area contributed by atoms with Crippen LogP contribution in [-0.2, 0) is 0 Å². The summed E-state index contributed by atoms with van der Waals surface area (Å²) in [7, 11) is 0. The van der Waals surface area contributed by atoms with Crippen molar-refractivity contribution in [3.05, 3.63) is 60.2 Å². The number of benzene rings is 1. The van der Waals surface area contributed by atoms with Crippen LogP contribution in [-0.4, -0.2) is 23.9 Å². The number of pyridine rings is 1. The number of amidine groups is 1. The highest BCUT2D eigenvalue weighted by molar-refractivity contribution is 5.87. The predicted molar refractivity (Wildman–Crippen MR) is 116 cm³/mol. The number of halogens is 1. The second-order valence-corrected chi connectivity index (χ2v) is 8.66. The molecule has 1 aromatic heterocycles. The third-order valence-corrected chi connectivity index (χ3v) is 6.97. The Labute approximate surface area is 172 Å². The van der Waals surface area contributed by atoms with Crippen molar-refractivity contribution in [2.75, 3.05) is 13.1 Å². The molecule has 0 radical (unpaired) electrons. The fourth-order valence-corrected chi connectivity index (χ4v) is 5.61. The van der Waals surface area contributed by atoms with Crippen molar-refractivity contribution in [2.45, 2.75) is 32.1 Å². The van der Waals surface area contributed by atoms with E-state index in [0.29, 0.717) is 11.8 Å². The van der Waals surface area contributed by atoms with E-state index in [1.165, 1.54) is 44.0 Å². The molecule has 5 rings (SSSR count). The molecule has 0 spiro atoms. The number of hydrogen-bond acceptors (Lipinski definition) is 3. The number of nitrogens with one attached hydrogen (secondary N) is 1. The summed E-state index contributed by atoms with van der Waals surface area (Å²) in [6, 6.07) is 10.7. The lowest BCUT2D eigenvalue weighted by atomic mass is 9.77. The summed E-state index contributed by atoms with van der Waals surface area (Å²) >= 11 is 0. The number of nitrogens with zero attached hydrogens (tertiary/aromatic N) is 2. The number of fused-ring (bicyclic) bond motifs is 1. The van der Waals surface area contributed by atoms with Crippen LogP contribution in [0.5, 0.6) is 0 Å². The first-order valence-electron chi connectivity index (χ1n) is 11.0. The maximum absolute atomic E-state index is 13.5. The lowest BCUT2D eigenvalue weighted by Gasteiger charge is -2.28. The normalized spacial score (nSPS) is 28.9. The van der Waals surface area contributed by atoms with Gasteiger partial charge in [-0.3, -0.25) is 9.98 Å². The molecule has 2 saturated carbocycles. The minimum atomic E-state index is -0.218. The number of aromatic nitrogens is 1. The smallest absolute Gasteiger partial charge is 0.123 e. The average Bonchev–Trinajstić information content (AvgIpc) is 3.40. The van der Waals surface area contributed by atoms with Crippen molar-refractivity contribution in [2.24, 2.45) is 28.7 Å². The van der Waals surface area contributed by atoms with Gasteiger partial charge in [0.15, 0.2) is 0 Å². The van der Waals surface area contributed by atoms with E-state index in [1.807, 2.05) is 24.4 Å². The number of aliphatic imine (C=N–C) groups is 1. The standard InChI is InChI=1S/C25H28FN3/c26-20-6-3-5-17(14-20)19-8-9-21(29-16-19)10-11-23-22-7-2-1-4-18(22)15-24(23)25-27-12-13-28-25/h3,5-6,8-11,14,16,18,22-24H,1-2,4,7,12-13,15H2,(H,27,28)/b11-10+/t18-,22-,23+,24+/m1/s1. The van der Waals surface area contributed by atoms with Gasteiger partial charge in [0.25, 0.3) is 0 Å². The third kappa shape index (κ3) is 3.85. The number of hydrogen-bond donors (Lipinski definition) is 1. The van der Waals surface area contributed by atoms with Crippen LogP contribution in [0.4, 0.5) is 4.39 Å². The molecular weight excluding hydrogens is 361 g/mol. The zero-order valence-electron chi connectivity index (χ0n) is 16.7. The van der Waals surface area contributed by atoms with Crippen LogP contribution in [0.25, 0.3) is 17.2 Å². The van der Waals surface area contributed by atoms with Gasteiger partial charge in [-0.25, -0.2) is 4.39 Å². The van der Waals surface area contributed by atoms with Gasteiger partial charge in [0.1, 0.15) is 11.7 Å². The number of rotatable bonds is 4. The average molecular weight is 390 g/mol. The highest BCUT2D eigenvalue weighted by atomic mass is 19.1. The van der Waals surface area contributed by atoms with Crippen molar-refractivity contribution in [3.8, 4) is 11.1 Å². The molecule has 2 heterocycles. The molecule has 4 heteroatoms. The van der Waals surface area contributed by atoms with Crippen molar-refractivity contribution in [1.82, 2.24) is 10.3 Å². The van der Waals surface area contributed by atoms with Gasteiger partial charge < -0.3 is 5.32 Å². The first kappa shape index (κ1) is 18.5. The second kappa shape index (κ2) is 8.10. The first-order chi connectivity index (χ1) is 14.3. The van der Waals surface area contributed by atoms with E-state index in [0.717, 1.165) is 41.7 Å². The summed E-state index contributed by atoms with van der Waals surface area (Å²) in [5, 5.41) is 3.54. The first-order valence-corrected chi connectivity index (χ1v) is 11.0. The van der Waals surface area contributed by atoms with Crippen LogP contribution in [0.2, 0.25) is 0 Å². The Kier molecular flexibility index (Phi) is 5.17. The van der Waals surface area contributed by atoms with Crippen LogP contribution in [0.15, 0.2) is 53.7 Å². The molecule has 3 aliphatic rings. The topological polar surface area (TPSA) is 37.3 Å². The van der Waals surface area contributed by atoms with Crippen molar-refractivity contribution in [3.63, 3.8) is 0 Å². The van der Waals surface area contributed by atoms with Gasteiger partial charge in [-0.15, -0.1) is 0 Å². The largest absolute Gasteiger partial charge is 0.372 e. The maximum atomic E-state index is 13.5. The summed E-state index contributed by atoms with van der Waals surface area (Å²) in [4.78, 5) is 9.38.